The molecule has 0 aromatic carbocycles. The van der Waals surface area contributed by atoms with Crippen LogP contribution in [0.4, 0.5) is 9.59 Å². The lowest BCUT2D eigenvalue weighted by Crippen LogP contribution is -2.68. The zero-order valence-corrected chi connectivity index (χ0v) is 25.2. The molecule has 10 heteroatoms. The Hall–Kier alpha value is -2.52. The fourth-order valence-corrected chi connectivity index (χ4v) is 6.42. The summed E-state index contributed by atoms with van der Waals surface area (Å²) in [6.07, 6.45) is 3.35. The van der Waals surface area contributed by atoms with Crippen molar-refractivity contribution in [1.82, 2.24) is 20.4 Å². The molecule has 38 heavy (non-hydrogen) atoms. The first-order valence-electron chi connectivity index (χ1n) is 13.8. The van der Waals surface area contributed by atoms with Crippen LogP contribution in [0.3, 0.4) is 0 Å². The quantitative estimate of drug-likeness (QED) is 0.368. The summed E-state index contributed by atoms with van der Waals surface area (Å²) in [4.78, 5) is 54.0. The van der Waals surface area contributed by atoms with Crippen molar-refractivity contribution in [2.45, 2.75) is 141 Å². The lowest BCUT2D eigenvalue weighted by Gasteiger charge is -2.55. The van der Waals surface area contributed by atoms with E-state index in [-0.39, 0.29) is 47.9 Å². The van der Waals surface area contributed by atoms with Crippen LogP contribution in [0, 0.1) is 0 Å². The number of hydrogen-bond donors (Lipinski definition) is 2. The van der Waals surface area contributed by atoms with Crippen LogP contribution in [-0.4, -0.2) is 82.3 Å². The number of piperidine rings is 2. The Bertz CT molecular complexity index is 826. The van der Waals surface area contributed by atoms with Crippen LogP contribution in [0.15, 0.2) is 0 Å². The number of urea groups is 2. The van der Waals surface area contributed by atoms with Gasteiger partial charge in [0.05, 0.1) is 11.1 Å². The predicted molar refractivity (Wildman–Crippen MR) is 146 cm³/mol. The number of ether oxygens (including phenoxy) is 2. The largest absolute Gasteiger partial charge is 0.460 e. The summed E-state index contributed by atoms with van der Waals surface area (Å²) >= 11 is 0. The molecule has 0 bridgehead atoms. The third kappa shape index (κ3) is 6.72. The van der Waals surface area contributed by atoms with Crippen LogP contribution in [0.1, 0.15) is 107 Å². The number of hydrogen-bond acceptors (Lipinski definition) is 6. The van der Waals surface area contributed by atoms with E-state index in [9.17, 15) is 19.2 Å². The molecule has 2 aliphatic heterocycles. The zero-order valence-electron chi connectivity index (χ0n) is 25.2. The average molecular weight is 539 g/mol. The molecule has 0 aromatic heterocycles. The van der Waals surface area contributed by atoms with Gasteiger partial charge < -0.3 is 29.9 Å². The monoisotopic (exact) mass is 538 g/mol. The van der Waals surface area contributed by atoms with E-state index in [0.717, 1.165) is 12.8 Å². The summed E-state index contributed by atoms with van der Waals surface area (Å²) in [5.41, 5.74) is -2.03. The highest BCUT2D eigenvalue weighted by Crippen LogP contribution is 2.41. The number of rotatable bonds is 7. The van der Waals surface area contributed by atoms with Gasteiger partial charge in [0.15, 0.2) is 0 Å². The molecular weight excluding hydrogens is 488 g/mol. The van der Waals surface area contributed by atoms with Crippen molar-refractivity contribution in [3.05, 3.63) is 0 Å². The summed E-state index contributed by atoms with van der Waals surface area (Å²) in [5.74, 6) is -0.658. The SMILES string of the molecule is CNC(=O)N1C(C)(C)CCC(OC(=O)CCCCC(=O)OC2CCC(C)(C)N(C(=O)NC)C2(C)C)C1(C)C. The minimum absolute atomic E-state index is 0.191. The lowest BCUT2D eigenvalue weighted by molar-refractivity contribution is -0.166. The molecule has 10 nitrogen and oxygen atoms in total. The van der Waals surface area contributed by atoms with E-state index < -0.39 is 23.3 Å². The number of unbranched alkanes of at least 4 members (excludes halogenated alkanes) is 1. The first kappa shape index (κ1) is 31.7. The molecule has 2 N–H and O–H groups in total. The molecule has 2 unspecified atom stereocenters. The summed E-state index contributed by atoms with van der Waals surface area (Å²) in [6.45, 7) is 15.8. The highest BCUT2D eigenvalue weighted by atomic mass is 16.5. The van der Waals surface area contributed by atoms with Gasteiger partial charge in [0.1, 0.15) is 12.2 Å². The second kappa shape index (κ2) is 11.7. The van der Waals surface area contributed by atoms with Crippen molar-refractivity contribution < 1.29 is 28.7 Å². The number of esters is 2. The number of carbonyl (C=O) groups excluding carboxylic acids is 4. The zero-order chi connectivity index (χ0) is 29.1. The molecule has 2 fully saturated rings. The first-order chi connectivity index (χ1) is 17.4. The van der Waals surface area contributed by atoms with E-state index in [1.165, 1.54) is 0 Å². The van der Waals surface area contributed by atoms with Crippen molar-refractivity contribution in [2.75, 3.05) is 14.1 Å². The summed E-state index contributed by atoms with van der Waals surface area (Å²) in [7, 11) is 3.20. The van der Waals surface area contributed by atoms with Crippen molar-refractivity contribution >= 4 is 24.0 Å². The number of carbonyl (C=O) groups is 4. The Kier molecular flexibility index (Phi) is 9.76. The maximum absolute atomic E-state index is 12.6. The topological polar surface area (TPSA) is 117 Å². The number of nitrogens with one attached hydrogen (secondary N) is 2. The van der Waals surface area contributed by atoms with E-state index in [0.29, 0.717) is 25.7 Å². The number of amides is 4. The molecule has 218 valence electrons. The van der Waals surface area contributed by atoms with Gasteiger partial charge in [-0.2, -0.15) is 0 Å². The Morgan fingerprint density at radius 2 is 0.974 bits per heavy atom. The van der Waals surface area contributed by atoms with Crippen molar-refractivity contribution in [3.8, 4) is 0 Å². The molecule has 2 atom stereocenters. The van der Waals surface area contributed by atoms with Crippen LogP contribution >= 0.6 is 0 Å². The Labute approximate surface area is 228 Å². The second-order valence-corrected chi connectivity index (χ2v) is 13.0. The van der Waals surface area contributed by atoms with Crippen LogP contribution in [-0.2, 0) is 19.1 Å². The lowest BCUT2D eigenvalue weighted by atomic mass is 9.78. The van der Waals surface area contributed by atoms with E-state index in [2.05, 4.69) is 10.6 Å². The Morgan fingerprint density at radius 3 is 1.26 bits per heavy atom. The molecule has 0 aromatic rings. The summed E-state index contributed by atoms with van der Waals surface area (Å²) in [5, 5.41) is 5.40. The van der Waals surface area contributed by atoms with Gasteiger partial charge in [0.2, 0.25) is 0 Å². The number of nitrogens with zero attached hydrogens (tertiary/aromatic N) is 2. The average Bonchev–Trinajstić information content (AvgIpc) is 2.79. The normalized spacial score (nSPS) is 25.2. The fourth-order valence-electron chi connectivity index (χ4n) is 6.42. The molecule has 2 heterocycles. The Morgan fingerprint density at radius 1 is 0.658 bits per heavy atom. The molecule has 2 saturated heterocycles. The van der Waals surface area contributed by atoms with E-state index >= 15 is 0 Å². The van der Waals surface area contributed by atoms with E-state index in [1.54, 1.807) is 23.9 Å². The van der Waals surface area contributed by atoms with Crippen molar-refractivity contribution in [3.63, 3.8) is 0 Å². The van der Waals surface area contributed by atoms with Gasteiger partial charge in [0, 0.05) is 38.0 Å². The van der Waals surface area contributed by atoms with Crippen LogP contribution < -0.4 is 10.6 Å². The van der Waals surface area contributed by atoms with Gasteiger partial charge in [-0.1, -0.05) is 0 Å². The van der Waals surface area contributed by atoms with Gasteiger partial charge in [-0.15, -0.1) is 0 Å². The van der Waals surface area contributed by atoms with Gasteiger partial charge >= 0.3 is 24.0 Å². The molecule has 2 aliphatic rings. The van der Waals surface area contributed by atoms with E-state index in [1.807, 2.05) is 55.4 Å². The molecule has 0 radical (unpaired) electrons. The van der Waals surface area contributed by atoms with E-state index in [4.69, 9.17) is 9.47 Å². The predicted octanol–water partition coefficient (Wildman–Crippen LogP) is 4.36. The minimum atomic E-state index is -0.661. The third-order valence-electron chi connectivity index (χ3n) is 8.37. The first-order valence-corrected chi connectivity index (χ1v) is 13.8. The van der Waals surface area contributed by atoms with Crippen molar-refractivity contribution in [1.29, 1.82) is 0 Å². The Balaban J connectivity index is 1.85. The second-order valence-electron chi connectivity index (χ2n) is 13.0. The molecule has 2 rings (SSSR count). The molecule has 4 amide bonds. The summed E-state index contributed by atoms with van der Waals surface area (Å²) in [6, 6.07) is -0.384. The van der Waals surface area contributed by atoms with Crippen LogP contribution in [0.2, 0.25) is 0 Å². The highest BCUT2D eigenvalue weighted by Gasteiger charge is 2.52. The van der Waals surface area contributed by atoms with Crippen LogP contribution in [0.5, 0.6) is 0 Å². The molecule has 0 aliphatic carbocycles. The van der Waals surface area contributed by atoms with Crippen molar-refractivity contribution in [2.24, 2.45) is 0 Å². The maximum Gasteiger partial charge on any atom is 0.318 e. The van der Waals surface area contributed by atoms with Crippen LogP contribution in [0.25, 0.3) is 0 Å². The third-order valence-corrected chi connectivity index (χ3v) is 8.37. The molecule has 0 saturated carbocycles. The fraction of sp³-hybridized carbons (Fsp3) is 0.857. The minimum Gasteiger partial charge on any atom is -0.460 e. The molecule has 0 spiro atoms. The number of likely N-dealkylation sites (tertiary alicyclic amines) is 2. The standard InChI is InChI=1S/C28H50N4O6/c1-25(2)17-15-19(27(5,6)31(25)23(35)29-9)37-21(33)13-11-12-14-22(34)38-20-16-18-26(3,4)32(24(36)30-10)28(20,7)8/h19-20H,11-18H2,1-10H3,(H,29,35)(H,30,36). The molecular formula is C28H50N4O6. The highest BCUT2D eigenvalue weighted by molar-refractivity contribution is 5.77. The smallest absolute Gasteiger partial charge is 0.318 e. The van der Waals surface area contributed by atoms with Gasteiger partial charge in [0.25, 0.3) is 0 Å². The summed E-state index contributed by atoms with van der Waals surface area (Å²) < 4.78 is 11.6. The maximum atomic E-state index is 12.6. The van der Waals surface area contributed by atoms with Gasteiger partial charge in [-0.3, -0.25) is 9.59 Å². The van der Waals surface area contributed by atoms with Gasteiger partial charge in [-0.25, -0.2) is 9.59 Å². The van der Waals surface area contributed by atoms with Gasteiger partial charge in [-0.05, 0) is 93.9 Å².